The van der Waals surface area contributed by atoms with Crippen LogP contribution in [0.15, 0.2) is 36.7 Å². The summed E-state index contributed by atoms with van der Waals surface area (Å²) in [5.41, 5.74) is 2.73. The molecule has 0 saturated carbocycles. The molecule has 3 aromatic rings. The summed E-state index contributed by atoms with van der Waals surface area (Å²) in [5.74, 6) is 1.55. The fraction of sp³-hybridized carbons (Fsp3) is 0.154. The first-order valence-corrected chi connectivity index (χ1v) is 5.78. The summed E-state index contributed by atoms with van der Waals surface area (Å²) < 4.78 is 0. The highest BCUT2D eigenvalue weighted by Crippen LogP contribution is 2.17. The Balaban J connectivity index is 2.02. The molecule has 0 fully saturated rings. The van der Waals surface area contributed by atoms with Crippen molar-refractivity contribution in [3.63, 3.8) is 0 Å². The van der Waals surface area contributed by atoms with E-state index in [1.807, 2.05) is 25.2 Å². The number of nitrogens with zero attached hydrogens (tertiary/aromatic N) is 3. The highest BCUT2D eigenvalue weighted by molar-refractivity contribution is 5.82. The number of nitrogens with one attached hydrogen (secondary N) is 2. The van der Waals surface area contributed by atoms with Gasteiger partial charge in [0.25, 0.3) is 0 Å². The van der Waals surface area contributed by atoms with Crippen LogP contribution in [0.4, 0.5) is 5.82 Å². The zero-order valence-electron chi connectivity index (χ0n) is 10.0. The molecule has 2 heterocycles. The number of fused-ring (bicyclic) bond motifs is 1. The Morgan fingerprint density at radius 3 is 2.78 bits per heavy atom. The summed E-state index contributed by atoms with van der Waals surface area (Å²) in [6, 6.07) is 10.2. The lowest BCUT2D eigenvalue weighted by Crippen LogP contribution is -2.02. The van der Waals surface area contributed by atoms with Crippen molar-refractivity contribution in [1.82, 2.24) is 19.9 Å². The van der Waals surface area contributed by atoms with Gasteiger partial charge in [-0.15, -0.1) is 0 Å². The van der Waals surface area contributed by atoms with E-state index < -0.39 is 0 Å². The van der Waals surface area contributed by atoms with Crippen molar-refractivity contribution < 1.29 is 0 Å². The van der Waals surface area contributed by atoms with E-state index in [-0.39, 0.29) is 0 Å². The Kier molecular flexibility index (Phi) is 2.64. The Bertz CT molecular complexity index is 659. The van der Waals surface area contributed by atoms with E-state index in [9.17, 15) is 0 Å². The van der Waals surface area contributed by atoms with E-state index in [4.69, 9.17) is 0 Å². The van der Waals surface area contributed by atoms with Crippen LogP contribution >= 0.6 is 0 Å². The molecular formula is C13H13N5. The average Bonchev–Trinajstić information content (AvgIpc) is 2.87. The van der Waals surface area contributed by atoms with E-state index >= 15 is 0 Å². The maximum Gasteiger partial charge on any atom is 0.183 e. The smallest absolute Gasteiger partial charge is 0.183 e. The molecular weight excluding hydrogens is 226 g/mol. The van der Waals surface area contributed by atoms with Gasteiger partial charge in [0, 0.05) is 13.5 Å². The predicted molar refractivity (Wildman–Crippen MR) is 70.5 cm³/mol. The van der Waals surface area contributed by atoms with Crippen molar-refractivity contribution in [2.45, 2.75) is 6.42 Å². The molecule has 90 valence electrons. The third-order valence-corrected chi connectivity index (χ3v) is 2.77. The van der Waals surface area contributed by atoms with Gasteiger partial charge < -0.3 is 10.3 Å². The van der Waals surface area contributed by atoms with E-state index in [1.165, 1.54) is 5.56 Å². The van der Waals surface area contributed by atoms with Crippen molar-refractivity contribution in [3.8, 4) is 0 Å². The molecule has 0 aliphatic carbocycles. The maximum absolute atomic E-state index is 4.49. The molecule has 2 aromatic heterocycles. The van der Waals surface area contributed by atoms with Crippen molar-refractivity contribution in [2.75, 3.05) is 12.4 Å². The largest absolute Gasteiger partial charge is 0.371 e. The normalized spacial score (nSPS) is 10.7. The Morgan fingerprint density at radius 1 is 1.17 bits per heavy atom. The van der Waals surface area contributed by atoms with Crippen molar-refractivity contribution in [1.29, 1.82) is 0 Å². The number of benzene rings is 1. The predicted octanol–water partition coefficient (Wildman–Crippen LogP) is 1.99. The summed E-state index contributed by atoms with van der Waals surface area (Å²) in [6.07, 6.45) is 2.34. The van der Waals surface area contributed by atoms with Gasteiger partial charge in [-0.3, -0.25) is 0 Å². The first-order chi connectivity index (χ1) is 8.86. The van der Waals surface area contributed by atoms with Crippen molar-refractivity contribution >= 4 is 17.0 Å². The van der Waals surface area contributed by atoms with Gasteiger partial charge in [0.2, 0.25) is 0 Å². The number of rotatable bonds is 3. The highest BCUT2D eigenvalue weighted by Gasteiger charge is 2.08. The third-order valence-electron chi connectivity index (χ3n) is 2.77. The topological polar surface area (TPSA) is 66.5 Å². The van der Waals surface area contributed by atoms with Crippen LogP contribution in [0.1, 0.15) is 11.4 Å². The quantitative estimate of drug-likeness (QED) is 0.733. The highest BCUT2D eigenvalue weighted by atomic mass is 15.1. The zero-order valence-corrected chi connectivity index (χ0v) is 10.0. The van der Waals surface area contributed by atoms with Crippen molar-refractivity contribution in [3.05, 3.63) is 48.0 Å². The minimum atomic E-state index is 0.695. The second kappa shape index (κ2) is 4.44. The molecule has 3 rings (SSSR count). The Morgan fingerprint density at radius 2 is 2.00 bits per heavy atom. The molecule has 0 saturated heterocycles. The van der Waals surface area contributed by atoms with Crippen LogP contribution in [-0.4, -0.2) is 27.0 Å². The SMILES string of the molecule is CNc1nc(Cc2ccccc2)nc2nc[nH]c12. The molecule has 0 unspecified atom stereocenters. The molecule has 0 radical (unpaired) electrons. The van der Waals surface area contributed by atoms with Crippen LogP contribution in [0.3, 0.4) is 0 Å². The van der Waals surface area contributed by atoms with Crippen LogP contribution < -0.4 is 5.32 Å². The Hall–Kier alpha value is -2.43. The Labute approximate surface area is 104 Å². The molecule has 0 amide bonds. The molecule has 18 heavy (non-hydrogen) atoms. The number of H-pyrrole nitrogens is 1. The van der Waals surface area contributed by atoms with Gasteiger partial charge in [0.1, 0.15) is 11.3 Å². The summed E-state index contributed by atoms with van der Waals surface area (Å²) in [6.45, 7) is 0. The first-order valence-electron chi connectivity index (χ1n) is 5.78. The summed E-state index contributed by atoms with van der Waals surface area (Å²) in [5, 5.41) is 3.06. The maximum atomic E-state index is 4.49. The monoisotopic (exact) mass is 239 g/mol. The van der Waals surface area contributed by atoms with Gasteiger partial charge in [0.05, 0.1) is 6.33 Å². The van der Waals surface area contributed by atoms with E-state index in [0.717, 1.165) is 17.2 Å². The molecule has 5 nitrogen and oxygen atoms in total. The van der Waals surface area contributed by atoms with Crippen LogP contribution in [0.25, 0.3) is 11.2 Å². The van der Waals surface area contributed by atoms with Gasteiger partial charge >= 0.3 is 0 Å². The van der Waals surface area contributed by atoms with Gasteiger partial charge in [-0.25, -0.2) is 15.0 Å². The summed E-state index contributed by atoms with van der Waals surface area (Å²) in [7, 11) is 1.84. The molecule has 2 N–H and O–H groups in total. The molecule has 0 spiro atoms. The van der Waals surface area contributed by atoms with Crippen molar-refractivity contribution in [2.24, 2.45) is 0 Å². The number of hydrogen-bond donors (Lipinski definition) is 2. The third kappa shape index (κ3) is 1.90. The average molecular weight is 239 g/mol. The number of anilines is 1. The summed E-state index contributed by atoms with van der Waals surface area (Å²) in [4.78, 5) is 16.2. The fourth-order valence-corrected chi connectivity index (χ4v) is 1.92. The number of aromatic amines is 1. The second-order valence-corrected chi connectivity index (χ2v) is 4.00. The fourth-order valence-electron chi connectivity index (χ4n) is 1.92. The number of hydrogen-bond acceptors (Lipinski definition) is 4. The van der Waals surface area contributed by atoms with E-state index in [1.54, 1.807) is 6.33 Å². The van der Waals surface area contributed by atoms with Gasteiger partial charge in [-0.2, -0.15) is 0 Å². The van der Waals surface area contributed by atoms with Crippen LogP contribution in [-0.2, 0) is 6.42 Å². The molecule has 5 heteroatoms. The first kappa shape index (κ1) is 10.7. The van der Waals surface area contributed by atoms with E-state index in [0.29, 0.717) is 12.1 Å². The van der Waals surface area contributed by atoms with Crippen LogP contribution in [0.2, 0.25) is 0 Å². The minimum absolute atomic E-state index is 0.695. The molecule has 0 bridgehead atoms. The minimum Gasteiger partial charge on any atom is -0.371 e. The molecule has 0 aliphatic heterocycles. The molecule has 1 aromatic carbocycles. The molecule has 0 aliphatic rings. The second-order valence-electron chi connectivity index (χ2n) is 4.00. The van der Waals surface area contributed by atoms with Gasteiger partial charge in [0.15, 0.2) is 11.5 Å². The zero-order chi connectivity index (χ0) is 12.4. The van der Waals surface area contributed by atoms with Gasteiger partial charge in [-0.1, -0.05) is 30.3 Å². The lowest BCUT2D eigenvalue weighted by molar-refractivity contribution is 0.987. The van der Waals surface area contributed by atoms with Crippen LogP contribution in [0.5, 0.6) is 0 Å². The van der Waals surface area contributed by atoms with Crippen LogP contribution in [0, 0.1) is 0 Å². The lowest BCUT2D eigenvalue weighted by atomic mass is 10.1. The standard InChI is InChI=1S/C13H13N5/c1-14-12-11-13(16-8-15-11)18-10(17-12)7-9-5-3-2-4-6-9/h2-6,8H,7H2,1H3,(H2,14,15,16,17,18). The number of imidazole rings is 1. The number of aromatic nitrogens is 4. The summed E-state index contributed by atoms with van der Waals surface area (Å²) >= 11 is 0. The van der Waals surface area contributed by atoms with Gasteiger partial charge in [-0.05, 0) is 5.56 Å². The lowest BCUT2D eigenvalue weighted by Gasteiger charge is -2.04. The van der Waals surface area contributed by atoms with E-state index in [2.05, 4.69) is 37.4 Å². The molecule has 0 atom stereocenters.